The average molecular weight is 246 g/mol. The van der Waals surface area contributed by atoms with E-state index < -0.39 is 0 Å². The Morgan fingerprint density at radius 1 is 1.28 bits per heavy atom. The molecule has 0 saturated carbocycles. The largest absolute Gasteiger partial charge is 0.385 e. The van der Waals surface area contributed by atoms with E-state index in [-0.39, 0.29) is 0 Å². The number of hydrazine groups is 1. The Morgan fingerprint density at radius 2 is 2.22 bits per heavy atom. The van der Waals surface area contributed by atoms with E-state index >= 15 is 0 Å². The maximum absolute atomic E-state index is 5.30. The van der Waals surface area contributed by atoms with Gasteiger partial charge in [0.1, 0.15) is 5.82 Å². The summed E-state index contributed by atoms with van der Waals surface area (Å²) in [7, 11) is 0. The minimum atomic E-state index is 0.665. The average Bonchev–Trinajstić information content (AvgIpc) is 2.92. The van der Waals surface area contributed by atoms with Crippen molar-refractivity contribution in [2.75, 3.05) is 17.3 Å². The van der Waals surface area contributed by atoms with Crippen LogP contribution < -0.4 is 16.6 Å². The summed E-state index contributed by atoms with van der Waals surface area (Å²) in [5.74, 6) is 5.97. The molecule has 2 rings (SSSR count). The monoisotopic (exact) mass is 246 g/mol. The number of anilines is 2. The van der Waals surface area contributed by atoms with E-state index in [9.17, 15) is 0 Å². The lowest BCUT2D eigenvalue weighted by Crippen LogP contribution is -2.09. The minimum absolute atomic E-state index is 0.665. The van der Waals surface area contributed by atoms with Gasteiger partial charge < -0.3 is 15.3 Å². The molecule has 0 bridgehead atoms. The predicted molar refractivity (Wildman–Crippen MR) is 72.0 cm³/mol. The molecule has 0 radical (unpaired) electrons. The highest BCUT2D eigenvalue weighted by Crippen LogP contribution is 2.10. The topological polar surface area (TPSA) is 80.8 Å². The molecular formula is C12H18N6. The van der Waals surface area contributed by atoms with Crippen LogP contribution in [0.2, 0.25) is 0 Å². The van der Waals surface area contributed by atoms with Crippen LogP contribution in [0.4, 0.5) is 11.5 Å². The summed E-state index contributed by atoms with van der Waals surface area (Å²) in [6, 6.07) is 3.81. The number of nitrogen functional groups attached to an aromatic ring is 1. The first kappa shape index (κ1) is 12.4. The predicted octanol–water partition coefficient (Wildman–Crippen LogP) is 1.46. The van der Waals surface area contributed by atoms with Crippen molar-refractivity contribution in [2.45, 2.75) is 19.4 Å². The summed E-state index contributed by atoms with van der Waals surface area (Å²) >= 11 is 0. The van der Waals surface area contributed by atoms with Gasteiger partial charge in [-0.3, -0.25) is 0 Å². The van der Waals surface area contributed by atoms with Crippen LogP contribution >= 0.6 is 0 Å². The lowest BCUT2D eigenvalue weighted by atomic mass is 10.3. The van der Waals surface area contributed by atoms with Gasteiger partial charge in [-0.15, -0.1) is 0 Å². The third kappa shape index (κ3) is 3.74. The van der Waals surface area contributed by atoms with Crippen molar-refractivity contribution in [1.29, 1.82) is 0 Å². The first-order chi connectivity index (χ1) is 8.88. The number of aromatic nitrogens is 3. The van der Waals surface area contributed by atoms with Crippen LogP contribution in [0.5, 0.6) is 0 Å². The number of pyridine rings is 1. The molecule has 0 aromatic carbocycles. The third-order valence-corrected chi connectivity index (χ3v) is 2.64. The molecule has 2 heterocycles. The van der Waals surface area contributed by atoms with Crippen molar-refractivity contribution >= 4 is 11.5 Å². The Bertz CT molecular complexity index is 453. The summed E-state index contributed by atoms with van der Waals surface area (Å²) in [6.07, 6.45) is 9.58. The van der Waals surface area contributed by atoms with Gasteiger partial charge in [0.15, 0.2) is 0 Å². The molecule has 2 aromatic rings. The molecule has 18 heavy (non-hydrogen) atoms. The molecule has 0 aliphatic carbocycles. The number of unbranched alkanes of at least 4 members (excludes halogenated alkanes) is 1. The zero-order valence-corrected chi connectivity index (χ0v) is 10.2. The first-order valence-electron chi connectivity index (χ1n) is 6.01. The van der Waals surface area contributed by atoms with Crippen molar-refractivity contribution in [1.82, 2.24) is 14.5 Å². The molecule has 0 aliphatic heterocycles. The van der Waals surface area contributed by atoms with Crippen LogP contribution in [-0.2, 0) is 6.54 Å². The third-order valence-electron chi connectivity index (χ3n) is 2.64. The SMILES string of the molecule is NNc1cc(NCCCCn2ccnc2)ccn1. The number of nitrogens with one attached hydrogen (secondary N) is 2. The highest BCUT2D eigenvalue weighted by atomic mass is 15.2. The Balaban J connectivity index is 1.65. The van der Waals surface area contributed by atoms with Gasteiger partial charge in [-0.2, -0.15) is 0 Å². The first-order valence-corrected chi connectivity index (χ1v) is 6.01. The van der Waals surface area contributed by atoms with E-state index in [0.717, 1.165) is 31.6 Å². The Morgan fingerprint density at radius 3 is 3.00 bits per heavy atom. The van der Waals surface area contributed by atoms with Gasteiger partial charge in [0.05, 0.1) is 6.33 Å². The Kier molecular flexibility index (Phi) is 4.54. The van der Waals surface area contributed by atoms with Gasteiger partial charge in [-0.05, 0) is 18.9 Å². The Hall–Kier alpha value is -2.08. The van der Waals surface area contributed by atoms with Gasteiger partial charge in [0, 0.05) is 43.4 Å². The second-order valence-corrected chi connectivity index (χ2v) is 4.01. The minimum Gasteiger partial charge on any atom is -0.385 e. The lowest BCUT2D eigenvalue weighted by molar-refractivity contribution is 0.621. The quantitative estimate of drug-likeness (QED) is 0.391. The zero-order chi connectivity index (χ0) is 12.6. The van der Waals surface area contributed by atoms with Crippen LogP contribution in [-0.4, -0.2) is 21.1 Å². The standard InChI is InChI=1S/C12H18N6/c13-17-12-9-11(3-5-16-12)15-4-1-2-7-18-8-6-14-10-18/h3,5-6,8-10H,1-2,4,7,13H2,(H2,15,16,17). The molecule has 0 amide bonds. The summed E-state index contributed by atoms with van der Waals surface area (Å²) < 4.78 is 2.09. The Labute approximate surface area is 106 Å². The maximum Gasteiger partial charge on any atom is 0.141 e. The summed E-state index contributed by atoms with van der Waals surface area (Å²) in [5.41, 5.74) is 3.55. The summed E-state index contributed by atoms with van der Waals surface area (Å²) in [4.78, 5) is 8.06. The fourth-order valence-corrected chi connectivity index (χ4v) is 1.69. The van der Waals surface area contributed by atoms with Gasteiger partial charge in [-0.1, -0.05) is 0 Å². The fourth-order valence-electron chi connectivity index (χ4n) is 1.69. The second kappa shape index (κ2) is 6.61. The molecule has 0 spiro atoms. The maximum atomic E-state index is 5.30. The lowest BCUT2D eigenvalue weighted by Gasteiger charge is -2.07. The van der Waals surface area contributed by atoms with E-state index in [4.69, 9.17) is 5.84 Å². The molecule has 6 heteroatoms. The van der Waals surface area contributed by atoms with E-state index in [1.165, 1.54) is 0 Å². The van der Waals surface area contributed by atoms with Gasteiger partial charge >= 0.3 is 0 Å². The zero-order valence-electron chi connectivity index (χ0n) is 10.2. The van der Waals surface area contributed by atoms with Gasteiger partial charge in [0.25, 0.3) is 0 Å². The van der Waals surface area contributed by atoms with E-state index in [0.29, 0.717) is 5.82 Å². The number of hydrogen-bond donors (Lipinski definition) is 3. The normalized spacial score (nSPS) is 10.3. The number of nitrogens with two attached hydrogens (primary N) is 1. The van der Waals surface area contributed by atoms with Crippen LogP contribution in [0, 0.1) is 0 Å². The van der Waals surface area contributed by atoms with Crippen molar-refractivity contribution in [3.05, 3.63) is 37.1 Å². The van der Waals surface area contributed by atoms with Crippen LogP contribution in [0.15, 0.2) is 37.1 Å². The van der Waals surface area contributed by atoms with E-state index in [1.807, 2.05) is 24.7 Å². The molecule has 0 aliphatic rings. The smallest absolute Gasteiger partial charge is 0.141 e. The molecule has 0 fully saturated rings. The molecule has 2 aromatic heterocycles. The molecule has 6 nitrogen and oxygen atoms in total. The number of hydrogen-bond acceptors (Lipinski definition) is 5. The highest BCUT2D eigenvalue weighted by Gasteiger charge is 1.95. The van der Waals surface area contributed by atoms with Crippen molar-refractivity contribution < 1.29 is 0 Å². The molecule has 4 N–H and O–H groups in total. The van der Waals surface area contributed by atoms with Crippen molar-refractivity contribution in [3.8, 4) is 0 Å². The molecule has 0 atom stereocenters. The molecular weight excluding hydrogens is 228 g/mol. The van der Waals surface area contributed by atoms with Crippen LogP contribution in [0.25, 0.3) is 0 Å². The molecule has 96 valence electrons. The summed E-state index contributed by atoms with van der Waals surface area (Å²) in [6.45, 7) is 1.94. The number of imidazole rings is 1. The van der Waals surface area contributed by atoms with Crippen molar-refractivity contribution in [2.24, 2.45) is 5.84 Å². The molecule has 0 saturated heterocycles. The number of nitrogens with zero attached hydrogens (tertiary/aromatic N) is 3. The van der Waals surface area contributed by atoms with Crippen LogP contribution in [0.1, 0.15) is 12.8 Å². The van der Waals surface area contributed by atoms with E-state index in [1.54, 1.807) is 12.4 Å². The second-order valence-electron chi connectivity index (χ2n) is 4.01. The fraction of sp³-hybridized carbons (Fsp3) is 0.333. The van der Waals surface area contributed by atoms with E-state index in [2.05, 4.69) is 25.3 Å². The van der Waals surface area contributed by atoms with Crippen molar-refractivity contribution in [3.63, 3.8) is 0 Å². The summed E-state index contributed by atoms with van der Waals surface area (Å²) in [5, 5.41) is 3.34. The van der Waals surface area contributed by atoms with Gasteiger partial charge in [-0.25, -0.2) is 15.8 Å². The number of rotatable bonds is 7. The highest BCUT2D eigenvalue weighted by molar-refractivity contribution is 5.51. The molecule has 0 unspecified atom stereocenters. The number of aryl methyl sites for hydroxylation is 1. The van der Waals surface area contributed by atoms with Crippen LogP contribution in [0.3, 0.4) is 0 Å². The van der Waals surface area contributed by atoms with Gasteiger partial charge in [0.2, 0.25) is 0 Å².